The monoisotopic (exact) mass is 817 g/mol. The molecule has 0 aliphatic carbocycles. The Morgan fingerprint density at radius 3 is 2.06 bits per heavy atom. The predicted octanol–water partition coefficient (Wildman–Crippen LogP) is -0.0137. The molecule has 0 spiro atoms. The van der Waals surface area contributed by atoms with Crippen LogP contribution in [0.4, 0.5) is 5.69 Å². The maximum atomic E-state index is 13.1. The summed E-state index contributed by atoms with van der Waals surface area (Å²) in [5.41, 5.74) is -0.124. The van der Waals surface area contributed by atoms with E-state index in [0.717, 1.165) is 4.90 Å². The summed E-state index contributed by atoms with van der Waals surface area (Å²) in [7, 11) is 2.49. The lowest BCUT2D eigenvalue weighted by Crippen LogP contribution is -2.38. The molecule has 0 aromatic heterocycles. The number of ether oxygens (including phenoxy) is 1. The first-order valence-corrected chi connectivity index (χ1v) is 12.2. The average molecular weight is 817 g/mol. The number of aliphatic hydroxyl groups excluding tert-OH is 1. The summed E-state index contributed by atoms with van der Waals surface area (Å²) in [5, 5.41) is 31.9. The van der Waals surface area contributed by atoms with E-state index in [-0.39, 0.29) is 34.1 Å². The van der Waals surface area contributed by atoms with Gasteiger partial charge >= 0.3 is 11.9 Å². The zero-order valence-electron chi connectivity index (χ0n) is 17.5. The number of hydrogen-bond acceptors (Lipinski definition) is 8. The molecular weight excluding hydrogens is 799 g/mol. The number of ketones is 1. The molecule has 0 fully saturated rings. The van der Waals surface area contributed by atoms with Crippen LogP contribution in [-0.4, -0.2) is 95.6 Å². The van der Waals surface area contributed by atoms with Crippen LogP contribution in [0.1, 0.15) is 20.7 Å². The van der Waals surface area contributed by atoms with Crippen LogP contribution in [0.25, 0.3) is 0 Å². The van der Waals surface area contributed by atoms with Gasteiger partial charge in [-0.1, -0.05) is 0 Å². The van der Waals surface area contributed by atoms with Crippen LogP contribution in [0.5, 0.6) is 0 Å². The molecule has 0 bridgehead atoms. The van der Waals surface area contributed by atoms with Gasteiger partial charge in [0.15, 0.2) is 6.10 Å². The maximum Gasteiger partial charge on any atom is 0.374 e. The number of likely N-dealkylation sites (N-methyl/N-ethyl adjacent to an activating group) is 1. The number of rotatable bonds is 11. The molecule has 186 valence electrons. The molecule has 13 nitrogen and oxygen atoms in total. The number of nitrogens with one attached hydrogen (secondary N) is 2. The van der Waals surface area contributed by atoms with Crippen molar-refractivity contribution < 1.29 is 48.8 Å². The molecule has 1 aromatic carbocycles. The number of halogens is 3. The van der Waals surface area contributed by atoms with E-state index in [1.807, 2.05) is 0 Å². The van der Waals surface area contributed by atoms with Crippen molar-refractivity contribution in [2.75, 3.05) is 39.2 Å². The van der Waals surface area contributed by atoms with Crippen molar-refractivity contribution in [3.05, 3.63) is 21.8 Å². The SMILES string of the molecule is COCC(=O)Nc1c(I)c(C(=O)NCC(O)C(=O)O)c(I)c(C(=O)N(C)CC(=O)C(=O)O)c1I. The van der Waals surface area contributed by atoms with Crippen LogP contribution in [0.15, 0.2) is 0 Å². The van der Waals surface area contributed by atoms with Gasteiger partial charge in [-0.05, 0) is 67.8 Å². The fraction of sp³-hybridized carbons (Fsp3) is 0.333. The van der Waals surface area contributed by atoms with E-state index in [2.05, 4.69) is 10.6 Å². The molecule has 0 radical (unpaired) electrons. The van der Waals surface area contributed by atoms with Crippen LogP contribution < -0.4 is 10.6 Å². The standard InChI is InChI=1S/C18H18I3N3O10/c1-24(4-7(26)18(32)33)16(29)10-11(19)9(15(28)22-3-6(25)17(30)31)12(20)14(13(10)21)23-8(27)5-34-2/h6,25H,3-5H2,1-2H3,(H,22,28)(H,23,27)(H,30,31)(H,32,33). The number of aliphatic hydroxyl groups is 1. The number of carboxylic acid groups (broad SMARTS) is 2. The van der Waals surface area contributed by atoms with Crippen LogP contribution in [-0.2, 0) is 23.9 Å². The van der Waals surface area contributed by atoms with Gasteiger partial charge in [0.2, 0.25) is 5.91 Å². The van der Waals surface area contributed by atoms with Gasteiger partial charge in [0.25, 0.3) is 17.6 Å². The van der Waals surface area contributed by atoms with Gasteiger partial charge in [-0.3, -0.25) is 19.2 Å². The fourth-order valence-electron chi connectivity index (χ4n) is 2.38. The van der Waals surface area contributed by atoms with Crippen molar-refractivity contribution >= 4 is 109 Å². The number of benzene rings is 1. The molecular formula is C18H18I3N3O10. The molecule has 3 amide bonds. The fourth-order valence-corrected chi connectivity index (χ4v) is 6.77. The van der Waals surface area contributed by atoms with Gasteiger partial charge in [-0.15, -0.1) is 0 Å². The summed E-state index contributed by atoms with van der Waals surface area (Å²) in [5.74, 6) is -6.76. The molecule has 0 saturated carbocycles. The number of carbonyl (C=O) groups excluding carboxylic acids is 4. The molecule has 34 heavy (non-hydrogen) atoms. The number of aliphatic carboxylic acids is 2. The highest BCUT2D eigenvalue weighted by Crippen LogP contribution is 2.36. The Morgan fingerprint density at radius 1 is 1.00 bits per heavy atom. The molecule has 0 heterocycles. The first kappa shape index (κ1) is 30.4. The number of hydrogen-bond donors (Lipinski definition) is 5. The zero-order valence-corrected chi connectivity index (χ0v) is 24.0. The molecule has 16 heteroatoms. The van der Waals surface area contributed by atoms with E-state index < -0.39 is 54.6 Å². The Balaban J connectivity index is 3.61. The minimum absolute atomic E-state index is 0.0777. The number of Topliss-reactive ketones (excluding diaryl/α,β-unsaturated/α-hetero) is 1. The summed E-state index contributed by atoms with van der Waals surface area (Å²) in [6.07, 6.45) is -1.88. The van der Waals surface area contributed by atoms with Crippen molar-refractivity contribution in [2.24, 2.45) is 0 Å². The second-order valence-corrected chi connectivity index (χ2v) is 9.74. The molecule has 1 aromatic rings. The first-order chi connectivity index (χ1) is 15.7. The number of carbonyl (C=O) groups is 6. The predicted molar refractivity (Wildman–Crippen MR) is 141 cm³/mol. The zero-order chi connectivity index (χ0) is 26.3. The highest BCUT2D eigenvalue weighted by Gasteiger charge is 2.31. The minimum atomic E-state index is -1.88. The third-order valence-corrected chi connectivity index (χ3v) is 7.24. The lowest BCUT2D eigenvalue weighted by atomic mass is 10.1. The third-order valence-electron chi connectivity index (χ3n) is 4.00. The lowest BCUT2D eigenvalue weighted by molar-refractivity contribution is -0.149. The van der Waals surface area contributed by atoms with Crippen LogP contribution in [0, 0.1) is 10.7 Å². The Bertz CT molecular complexity index is 1050. The second-order valence-electron chi connectivity index (χ2n) is 6.50. The molecule has 5 N–H and O–H groups in total. The van der Waals surface area contributed by atoms with Crippen molar-refractivity contribution in [2.45, 2.75) is 6.10 Å². The molecule has 1 rings (SSSR count). The van der Waals surface area contributed by atoms with Crippen molar-refractivity contribution in [3.8, 4) is 0 Å². The quantitative estimate of drug-likeness (QED) is 0.150. The number of nitrogens with zero attached hydrogens (tertiary/aromatic N) is 1. The highest BCUT2D eigenvalue weighted by atomic mass is 127. The van der Waals surface area contributed by atoms with Gasteiger partial charge < -0.3 is 35.6 Å². The van der Waals surface area contributed by atoms with E-state index in [1.165, 1.54) is 14.2 Å². The summed E-state index contributed by atoms with van der Waals surface area (Å²) >= 11 is 5.24. The van der Waals surface area contributed by atoms with Gasteiger partial charge in [0.1, 0.15) is 6.61 Å². The van der Waals surface area contributed by atoms with Gasteiger partial charge in [-0.25, -0.2) is 9.59 Å². The van der Waals surface area contributed by atoms with E-state index in [4.69, 9.17) is 14.9 Å². The largest absolute Gasteiger partial charge is 0.479 e. The van der Waals surface area contributed by atoms with E-state index in [0.29, 0.717) is 0 Å². The Morgan fingerprint density at radius 2 is 1.56 bits per heavy atom. The van der Waals surface area contributed by atoms with Gasteiger partial charge in [-0.2, -0.15) is 0 Å². The summed E-state index contributed by atoms with van der Waals surface area (Å²) in [6.45, 7) is -1.71. The van der Waals surface area contributed by atoms with Crippen LogP contribution in [0.3, 0.4) is 0 Å². The molecule has 1 atom stereocenters. The number of amides is 3. The average Bonchev–Trinajstić information content (AvgIpc) is 2.74. The van der Waals surface area contributed by atoms with E-state index in [9.17, 15) is 33.9 Å². The van der Waals surface area contributed by atoms with Crippen molar-refractivity contribution in [3.63, 3.8) is 0 Å². The third kappa shape index (κ3) is 7.68. The summed E-state index contributed by atoms with van der Waals surface area (Å²) in [4.78, 5) is 72.3. The Hall–Kier alpha value is -1.65. The molecule has 0 saturated heterocycles. The maximum absolute atomic E-state index is 13.1. The first-order valence-electron chi connectivity index (χ1n) is 8.94. The van der Waals surface area contributed by atoms with Crippen molar-refractivity contribution in [1.29, 1.82) is 0 Å². The Kier molecular flexibility index (Phi) is 12.0. The van der Waals surface area contributed by atoms with E-state index in [1.54, 1.807) is 67.8 Å². The van der Waals surface area contributed by atoms with Crippen LogP contribution in [0.2, 0.25) is 0 Å². The summed E-state index contributed by atoms with van der Waals surface area (Å²) < 4.78 is 5.29. The van der Waals surface area contributed by atoms with Crippen molar-refractivity contribution in [1.82, 2.24) is 10.2 Å². The number of methoxy groups -OCH3 is 1. The second kappa shape index (κ2) is 13.4. The highest BCUT2D eigenvalue weighted by molar-refractivity contribution is 14.1. The molecule has 1 unspecified atom stereocenters. The van der Waals surface area contributed by atoms with Crippen LogP contribution >= 0.6 is 67.8 Å². The smallest absolute Gasteiger partial charge is 0.374 e. The number of carboxylic acids is 2. The summed E-state index contributed by atoms with van der Waals surface area (Å²) in [6, 6.07) is 0. The van der Waals surface area contributed by atoms with E-state index >= 15 is 0 Å². The normalized spacial score (nSPS) is 11.4. The minimum Gasteiger partial charge on any atom is -0.479 e. The van der Waals surface area contributed by atoms with Gasteiger partial charge in [0, 0.05) is 17.7 Å². The molecule has 0 aliphatic heterocycles. The van der Waals surface area contributed by atoms with Gasteiger partial charge in [0.05, 0.1) is 37.0 Å². The Labute approximate surface area is 233 Å². The lowest BCUT2D eigenvalue weighted by Gasteiger charge is -2.22. The topological polar surface area (TPSA) is 200 Å². The number of anilines is 1. The molecule has 0 aliphatic rings.